The monoisotopic (exact) mass is 452 g/mol. The molecule has 10 heteroatoms. The van der Waals surface area contributed by atoms with E-state index < -0.39 is 0 Å². The Hall–Kier alpha value is -3.27. The molecule has 1 aromatic carbocycles. The maximum absolute atomic E-state index is 12.8. The van der Waals surface area contributed by atoms with E-state index in [0.29, 0.717) is 42.1 Å². The minimum atomic E-state index is -0.0854. The van der Waals surface area contributed by atoms with Gasteiger partial charge in [0.2, 0.25) is 5.91 Å². The Kier molecular flexibility index (Phi) is 5.60. The number of fused-ring (bicyclic) bond motifs is 1. The zero-order chi connectivity index (χ0) is 22.1. The van der Waals surface area contributed by atoms with E-state index in [1.165, 1.54) is 11.8 Å². The van der Waals surface area contributed by atoms with Crippen molar-refractivity contribution in [1.29, 1.82) is 0 Å². The van der Waals surface area contributed by atoms with Crippen LogP contribution in [0.5, 0.6) is 0 Å². The van der Waals surface area contributed by atoms with Gasteiger partial charge in [-0.3, -0.25) is 13.9 Å². The third-order valence-electron chi connectivity index (χ3n) is 5.91. The summed E-state index contributed by atoms with van der Waals surface area (Å²) in [5.74, 6) is 1.70. The highest BCUT2D eigenvalue weighted by Crippen LogP contribution is 2.27. The topological polar surface area (TPSA) is 102 Å². The summed E-state index contributed by atoms with van der Waals surface area (Å²) in [5.41, 5.74) is 1.68. The molecule has 1 saturated heterocycles. The van der Waals surface area contributed by atoms with E-state index >= 15 is 0 Å². The fourth-order valence-electron chi connectivity index (χ4n) is 4.30. The highest BCUT2D eigenvalue weighted by molar-refractivity contribution is 7.99. The number of rotatable bonds is 6. The largest absolute Gasteiger partial charge is 0.461 e. The molecule has 1 N–H and O–H groups in total. The van der Waals surface area contributed by atoms with Gasteiger partial charge >= 0.3 is 5.69 Å². The molecule has 0 bridgehead atoms. The van der Waals surface area contributed by atoms with Gasteiger partial charge in [-0.15, -0.1) is 10.2 Å². The zero-order valence-corrected chi connectivity index (χ0v) is 18.5. The molecular formula is C22H24N6O3S. The van der Waals surface area contributed by atoms with E-state index in [1.54, 1.807) is 6.26 Å². The number of benzene rings is 1. The number of imidazole rings is 1. The smallest absolute Gasteiger partial charge is 0.326 e. The van der Waals surface area contributed by atoms with E-state index in [2.05, 4.69) is 15.2 Å². The first-order chi connectivity index (χ1) is 15.7. The van der Waals surface area contributed by atoms with Crippen molar-refractivity contribution in [3.63, 3.8) is 0 Å². The molecule has 0 unspecified atom stereocenters. The molecule has 32 heavy (non-hydrogen) atoms. The molecular weight excluding hydrogens is 428 g/mol. The lowest BCUT2D eigenvalue weighted by Crippen LogP contribution is -2.41. The van der Waals surface area contributed by atoms with Crippen molar-refractivity contribution in [2.24, 2.45) is 0 Å². The van der Waals surface area contributed by atoms with Crippen molar-refractivity contribution < 1.29 is 9.21 Å². The number of carbonyl (C=O) groups excluding carboxylic acids is 1. The van der Waals surface area contributed by atoms with Crippen LogP contribution in [-0.2, 0) is 11.3 Å². The lowest BCUT2D eigenvalue weighted by atomic mass is 10.0. The van der Waals surface area contributed by atoms with Crippen LogP contribution in [0.1, 0.15) is 25.8 Å². The first kappa shape index (κ1) is 20.6. The number of carbonyl (C=O) groups is 1. The average Bonchev–Trinajstić information content (AvgIpc) is 3.55. The Morgan fingerprint density at radius 2 is 2.00 bits per heavy atom. The van der Waals surface area contributed by atoms with Crippen molar-refractivity contribution in [2.45, 2.75) is 37.5 Å². The number of aromatic amines is 1. The van der Waals surface area contributed by atoms with Crippen LogP contribution in [0.15, 0.2) is 57.0 Å². The number of thioether (sulfide) groups is 1. The first-order valence-corrected chi connectivity index (χ1v) is 11.7. The number of hydrogen-bond donors (Lipinski definition) is 1. The second kappa shape index (κ2) is 8.70. The Labute approximate surface area is 188 Å². The number of hydrogen-bond acceptors (Lipinski definition) is 6. The second-order valence-corrected chi connectivity index (χ2v) is 8.69. The predicted octanol–water partition coefficient (Wildman–Crippen LogP) is 3.16. The number of para-hydroxylation sites is 2. The Morgan fingerprint density at radius 1 is 1.19 bits per heavy atom. The molecule has 4 heterocycles. The van der Waals surface area contributed by atoms with E-state index in [-0.39, 0.29) is 17.6 Å². The average molecular weight is 453 g/mol. The lowest BCUT2D eigenvalue weighted by molar-refractivity contribution is -0.129. The van der Waals surface area contributed by atoms with E-state index in [9.17, 15) is 9.59 Å². The van der Waals surface area contributed by atoms with Gasteiger partial charge in [-0.25, -0.2) is 4.79 Å². The maximum Gasteiger partial charge on any atom is 0.326 e. The van der Waals surface area contributed by atoms with Crippen LogP contribution in [0.25, 0.3) is 22.6 Å². The molecule has 166 valence electrons. The number of furan rings is 1. The summed E-state index contributed by atoms with van der Waals surface area (Å²) in [4.78, 5) is 30.1. The minimum Gasteiger partial charge on any atom is -0.461 e. The van der Waals surface area contributed by atoms with Crippen LogP contribution < -0.4 is 5.69 Å². The summed E-state index contributed by atoms with van der Waals surface area (Å²) in [6.45, 7) is 3.96. The van der Waals surface area contributed by atoms with E-state index in [4.69, 9.17) is 4.42 Å². The highest BCUT2D eigenvalue weighted by Gasteiger charge is 2.26. The lowest BCUT2D eigenvalue weighted by Gasteiger charge is -2.32. The van der Waals surface area contributed by atoms with Gasteiger partial charge in [0.1, 0.15) is 0 Å². The summed E-state index contributed by atoms with van der Waals surface area (Å²) in [7, 11) is 0. The number of nitrogens with zero attached hydrogens (tertiary/aromatic N) is 5. The number of piperidine rings is 1. The van der Waals surface area contributed by atoms with Crippen LogP contribution in [0.3, 0.4) is 0 Å². The van der Waals surface area contributed by atoms with Crippen LogP contribution >= 0.6 is 11.8 Å². The molecule has 4 aromatic rings. The summed E-state index contributed by atoms with van der Waals surface area (Å²) < 4.78 is 9.23. The van der Waals surface area contributed by atoms with Gasteiger partial charge in [-0.1, -0.05) is 23.9 Å². The van der Waals surface area contributed by atoms with Crippen molar-refractivity contribution in [1.82, 2.24) is 29.2 Å². The molecule has 0 spiro atoms. The number of H-pyrrole nitrogens is 1. The molecule has 1 fully saturated rings. The molecule has 0 aliphatic carbocycles. The fraction of sp³-hybridized carbons (Fsp3) is 0.364. The molecule has 5 rings (SSSR count). The summed E-state index contributed by atoms with van der Waals surface area (Å²) in [6, 6.07) is 11.5. The Morgan fingerprint density at radius 3 is 2.75 bits per heavy atom. The van der Waals surface area contributed by atoms with Crippen LogP contribution in [0.4, 0.5) is 0 Å². The summed E-state index contributed by atoms with van der Waals surface area (Å²) in [5, 5.41) is 9.18. The minimum absolute atomic E-state index is 0.0740. The van der Waals surface area contributed by atoms with Gasteiger partial charge in [-0.05, 0) is 44.0 Å². The first-order valence-electron chi connectivity index (χ1n) is 10.7. The molecule has 9 nitrogen and oxygen atoms in total. The molecule has 0 saturated carbocycles. The van der Waals surface area contributed by atoms with Crippen LogP contribution in [0.2, 0.25) is 0 Å². The SMILES string of the molecule is CCn1c(SCC(=O)N2CCC(n3c(=O)[nH]c4ccccc43)CC2)nnc1-c1ccco1. The van der Waals surface area contributed by atoms with Crippen molar-refractivity contribution >= 4 is 28.7 Å². The fourth-order valence-corrected chi connectivity index (χ4v) is 5.20. The van der Waals surface area contributed by atoms with E-state index in [1.807, 2.05) is 57.4 Å². The molecule has 3 aromatic heterocycles. The molecule has 1 amide bonds. The number of nitrogens with one attached hydrogen (secondary N) is 1. The molecule has 0 radical (unpaired) electrons. The molecule has 0 atom stereocenters. The zero-order valence-electron chi connectivity index (χ0n) is 17.7. The van der Waals surface area contributed by atoms with Gasteiger partial charge < -0.3 is 14.3 Å². The van der Waals surface area contributed by atoms with Gasteiger partial charge in [0.25, 0.3) is 0 Å². The highest BCUT2D eigenvalue weighted by atomic mass is 32.2. The van der Waals surface area contributed by atoms with Gasteiger partial charge in [-0.2, -0.15) is 0 Å². The summed E-state index contributed by atoms with van der Waals surface area (Å²) in [6.07, 6.45) is 3.12. The maximum atomic E-state index is 12.8. The Balaban J connectivity index is 1.21. The second-order valence-electron chi connectivity index (χ2n) is 7.75. The standard InChI is InChI=1S/C22H24N6O3S/c1-2-27-20(18-8-5-13-31-18)24-25-22(27)32-14-19(29)26-11-9-15(10-12-26)28-17-7-4-3-6-16(17)23-21(28)30/h3-8,13,15H,2,9-12,14H2,1H3,(H,23,30). The number of aromatic nitrogens is 5. The third kappa shape index (κ3) is 3.75. The normalized spacial score (nSPS) is 15.0. The van der Waals surface area contributed by atoms with Crippen LogP contribution in [0, 0.1) is 0 Å². The molecule has 1 aliphatic rings. The third-order valence-corrected chi connectivity index (χ3v) is 6.86. The predicted molar refractivity (Wildman–Crippen MR) is 122 cm³/mol. The van der Waals surface area contributed by atoms with Crippen LogP contribution in [-0.4, -0.2) is 54.0 Å². The van der Waals surface area contributed by atoms with Crippen molar-refractivity contribution in [2.75, 3.05) is 18.8 Å². The quantitative estimate of drug-likeness (QED) is 0.451. The van der Waals surface area contributed by atoms with Gasteiger partial charge in [0, 0.05) is 25.7 Å². The van der Waals surface area contributed by atoms with Crippen molar-refractivity contribution in [3.05, 3.63) is 53.1 Å². The number of amides is 1. The van der Waals surface area contributed by atoms with E-state index in [0.717, 1.165) is 23.9 Å². The van der Waals surface area contributed by atoms with Gasteiger partial charge in [0.15, 0.2) is 16.7 Å². The molecule has 1 aliphatic heterocycles. The van der Waals surface area contributed by atoms with Crippen molar-refractivity contribution in [3.8, 4) is 11.6 Å². The Bertz CT molecular complexity index is 1280. The number of likely N-dealkylation sites (tertiary alicyclic amines) is 1. The summed E-state index contributed by atoms with van der Waals surface area (Å²) >= 11 is 1.39. The van der Waals surface area contributed by atoms with Gasteiger partial charge in [0.05, 0.1) is 23.0 Å².